The summed E-state index contributed by atoms with van der Waals surface area (Å²) >= 11 is 5.10. The van der Waals surface area contributed by atoms with Crippen LogP contribution in [0.3, 0.4) is 0 Å². The van der Waals surface area contributed by atoms with E-state index < -0.39 is 0 Å². The Bertz CT molecular complexity index is 245. The maximum absolute atomic E-state index is 5.30. The second-order valence-corrected chi connectivity index (χ2v) is 3.03. The summed E-state index contributed by atoms with van der Waals surface area (Å²) in [5.41, 5.74) is 0. The highest BCUT2D eigenvalue weighted by Crippen LogP contribution is 2.45. The van der Waals surface area contributed by atoms with Crippen molar-refractivity contribution < 1.29 is 13.7 Å². The van der Waals surface area contributed by atoms with Gasteiger partial charge in [0.15, 0.2) is 5.75 Å². The third kappa shape index (κ3) is 1.14. The van der Waals surface area contributed by atoms with Crippen LogP contribution in [-0.2, 0) is 0 Å². The van der Waals surface area contributed by atoms with E-state index >= 15 is 0 Å². The molecule has 1 aliphatic rings. The maximum Gasteiger partial charge on any atom is 0.236 e. The minimum absolute atomic E-state index is 0.577. The molecule has 0 N–H and O–H groups in total. The fourth-order valence-corrected chi connectivity index (χ4v) is 1.81. The summed E-state index contributed by atoms with van der Waals surface area (Å²) in [4.78, 5) is 0. The quantitative estimate of drug-likeness (QED) is 0.540. The summed E-state index contributed by atoms with van der Waals surface area (Å²) in [5, 5.41) is 2.50. The van der Waals surface area contributed by atoms with Gasteiger partial charge in [0.25, 0.3) is 0 Å². The topological polar surface area (TPSA) is 27.7 Å². The number of fused-ring (bicyclic) bond motifs is 1. The third-order valence-corrected chi connectivity index (χ3v) is 2.47. The van der Waals surface area contributed by atoms with E-state index in [0.29, 0.717) is 24.0 Å². The van der Waals surface area contributed by atoms with Crippen LogP contribution in [0, 0.1) is 0 Å². The van der Waals surface area contributed by atoms with Crippen molar-refractivity contribution in [2.24, 2.45) is 0 Å². The maximum atomic E-state index is 5.30. The molecule has 0 saturated heterocycles. The van der Waals surface area contributed by atoms with E-state index in [2.05, 4.69) is 12.9 Å². The van der Waals surface area contributed by atoms with Crippen LogP contribution in [0.2, 0.25) is 0 Å². The summed E-state index contributed by atoms with van der Waals surface area (Å²) in [7, 11) is 0. The Kier molecular flexibility index (Phi) is 1.83. The van der Waals surface area contributed by atoms with Gasteiger partial charge in [0, 0.05) is 18.3 Å². The highest BCUT2D eigenvalue weighted by molar-refractivity contribution is 7.75. The monoisotopic (exact) mass is 190 g/mol. The standard InChI is InChI=1S/C6H6O3S2/c10-9-6-5-4(3-11-6)7-1-2-8-5/h3,10H,1-2H2. The Hall–Kier alpha value is -0.550. The minimum atomic E-state index is 0.577. The SMILES string of the molecule is SOc1scc2c1OCCO2. The van der Waals surface area contributed by atoms with Gasteiger partial charge in [-0.05, 0) is 0 Å². The summed E-state index contributed by atoms with van der Waals surface area (Å²) in [6.07, 6.45) is 0. The number of hydrogen-bond donors (Lipinski definition) is 1. The zero-order chi connectivity index (χ0) is 7.68. The van der Waals surface area contributed by atoms with E-state index in [1.54, 1.807) is 0 Å². The fourth-order valence-electron chi connectivity index (χ4n) is 0.903. The Morgan fingerprint density at radius 3 is 3.09 bits per heavy atom. The Morgan fingerprint density at radius 2 is 2.27 bits per heavy atom. The molecule has 0 bridgehead atoms. The zero-order valence-corrected chi connectivity index (χ0v) is 7.28. The zero-order valence-electron chi connectivity index (χ0n) is 5.57. The van der Waals surface area contributed by atoms with Crippen LogP contribution in [-0.4, -0.2) is 13.2 Å². The highest BCUT2D eigenvalue weighted by atomic mass is 32.1. The largest absolute Gasteiger partial charge is 0.485 e. The first-order valence-corrected chi connectivity index (χ1v) is 4.35. The van der Waals surface area contributed by atoms with Gasteiger partial charge in [0.1, 0.15) is 13.2 Å². The van der Waals surface area contributed by atoms with Crippen molar-refractivity contribution in [1.29, 1.82) is 0 Å². The normalized spacial score (nSPS) is 14.6. The van der Waals surface area contributed by atoms with E-state index in [4.69, 9.17) is 13.7 Å². The number of hydrogen-bond acceptors (Lipinski definition) is 5. The number of thiol groups is 1. The molecule has 5 heteroatoms. The summed E-state index contributed by atoms with van der Waals surface area (Å²) in [5.74, 6) is 1.43. The van der Waals surface area contributed by atoms with Crippen LogP contribution in [0.1, 0.15) is 0 Å². The molecule has 3 nitrogen and oxygen atoms in total. The molecule has 2 rings (SSSR count). The van der Waals surface area contributed by atoms with Gasteiger partial charge in [-0.1, -0.05) is 11.3 Å². The van der Waals surface area contributed by atoms with Gasteiger partial charge in [0.2, 0.25) is 10.8 Å². The van der Waals surface area contributed by atoms with E-state index in [0.717, 1.165) is 5.75 Å². The lowest BCUT2D eigenvalue weighted by Crippen LogP contribution is -2.14. The van der Waals surface area contributed by atoms with Crippen LogP contribution < -0.4 is 13.7 Å². The Balaban J connectivity index is 2.38. The first kappa shape index (κ1) is 7.12. The predicted octanol–water partition coefficient (Wildman–Crippen LogP) is 1.74. The second-order valence-electron chi connectivity index (χ2n) is 2.00. The number of rotatable bonds is 1. The van der Waals surface area contributed by atoms with Crippen molar-refractivity contribution >= 4 is 24.2 Å². The van der Waals surface area contributed by atoms with Crippen molar-refractivity contribution in [3.8, 4) is 16.6 Å². The van der Waals surface area contributed by atoms with Gasteiger partial charge in [-0.25, -0.2) is 0 Å². The van der Waals surface area contributed by atoms with Crippen molar-refractivity contribution in [2.45, 2.75) is 0 Å². The van der Waals surface area contributed by atoms with E-state index in [1.165, 1.54) is 11.3 Å². The van der Waals surface area contributed by atoms with Crippen LogP contribution in [0.5, 0.6) is 16.6 Å². The Morgan fingerprint density at radius 1 is 1.45 bits per heavy atom. The summed E-state index contributed by atoms with van der Waals surface area (Å²) < 4.78 is 15.3. The molecule has 0 amide bonds. The molecule has 0 atom stereocenters. The van der Waals surface area contributed by atoms with Gasteiger partial charge < -0.3 is 13.7 Å². The molecule has 0 aromatic carbocycles. The number of thiophene rings is 1. The molecule has 1 aromatic heterocycles. The van der Waals surface area contributed by atoms with Crippen LogP contribution in [0.4, 0.5) is 0 Å². The summed E-state index contributed by atoms with van der Waals surface area (Å²) in [6, 6.07) is 0. The first-order chi connectivity index (χ1) is 5.42. The summed E-state index contributed by atoms with van der Waals surface area (Å²) in [6.45, 7) is 1.18. The van der Waals surface area contributed by atoms with E-state index in [9.17, 15) is 0 Å². The molecular formula is C6H6O3S2. The average Bonchev–Trinajstić information content (AvgIpc) is 2.47. The van der Waals surface area contributed by atoms with Gasteiger partial charge in [-0.3, -0.25) is 0 Å². The molecule has 1 aliphatic heterocycles. The first-order valence-electron chi connectivity index (χ1n) is 3.10. The second kappa shape index (κ2) is 2.83. The lowest BCUT2D eigenvalue weighted by atomic mass is 10.5. The minimum Gasteiger partial charge on any atom is -0.485 e. The molecule has 2 heterocycles. The third-order valence-electron chi connectivity index (χ3n) is 1.35. The molecule has 0 unspecified atom stereocenters. The van der Waals surface area contributed by atoms with Crippen LogP contribution in [0.15, 0.2) is 5.38 Å². The average molecular weight is 190 g/mol. The fraction of sp³-hybridized carbons (Fsp3) is 0.333. The van der Waals surface area contributed by atoms with Crippen molar-refractivity contribution in [3.63, 3.8) is 0 Å². The molecule has 0 fully saturated rings. The lowest BCUT2D eigenvalue weighted by molar-refractivity contribution is 0.171. The number of ether oxygens (including phenoxy) is 2. The lowest BCUT2D eigenvalue weighted by Gasteiger charge is -2.14. The highest BCUT2D eigenvalue weighted by Gasteiger charge is 2.19. The predicted molar refractivity (Wildman–Crippen MR) is 44.9 cm³/mol. The molecular weight excluding hydrogens is 184 g/mol. The van der Waals surface area contributed by atoms with Crippen LogP contribution >= 0.6 is 24.2 Å². The Labute approximate surface area is 73.5 Å². The van der Waals surface area contributed by atoms with Crippen LogP contribution in [0.25, 0.3) is 0 Å². The molecule has 60 valence electrons. The molecule has 0 spiro atoms. The van der Waals surface area contributed by atoms with E-state index in [1.807, 2.05) is 5.38 Å². The molecule has 11 heavy (non-hydrogen) atoms. The van der Waals surface area contributed by atoms with E-state index in [-0.39, 0.29) is 0 Å². The van der Waals surface area contributed by atoms with Crippen molar-refractivity contribution in [2.75, 3.05) is 13.2 Å². The van der Waals surface area contributed by atoms with Crippen molar-refractivity contribution in [1.82, 2.24) is 0 Å². The molecule has 1 aromatic rings. The van der Waals surface area contributed by atoms with Gasteiger partial charge in [-0.15, -0.1) is 0 Å². The van der Waals surface area contributed by atoms with Gasteiger partial charge in [0.05, 0.1) is 0 Å². The van der Waals surface area contributed by atoms with Gasteiger partial charge in [-0.2, -0.15) is 0 Å². The molecule has 0 radical (unpaired) electrons. The van der Waals surface area contributed by atoms with Gasteiger partial charge >= 0.3 is 0 Å². The van der Waals surface area contributed by atoms with Crippen molar-refractivity contribution in [3.05, 3.63) is 5.38 Å². The smallest absolute Gasteiger partial charge is 0.236 e. The molecule has 0 saturated carbocycles. The molecule has 0 aliphatic carbocycles.